The molecule has 6 heterocycles. The van der Waals surface area contributed by atoms with Crippen LogP contribution in [0.3, 0.4) is 0 Å². The summed E-state index contributed by atoms with van der Waals surface area (Å²) in [6.45, 7) is -7.18. The fourth-order valence-corrected chi connectivity index (χ4v) is 9.45. The summed E-state index contributed by atoms with van der Waals surface area (Å²) in [5, 5.41) is 251. The smallest absolute Gasteiger partial charge is 0.331 e. The van der Waals surface area contributed by atoms with Crippen LogP contribution in [0.4, 0.5) is 0 Å². The second-order valence-electron chi connectivity index (χ2n) is 20.9. The van der Waals surface area contributed by atoms with Gasteiger partial charge in [-0.3, -0.25) is 4.84 Å². The van der Waals surface area contributed by atoms with Gasteiger partial charge < -0.3 is 179 Å². The van der Waals surface area contributed by atoms with Crippen molar-refractivity contribution in [3.63, 3.8) is 0 Å². The molecule has 0 aromatic rings. The van der Waals surface area contributed by atoms with Gasteiger partial charge in [0.1, 0.15) is 165 Å². The highest BCUT2D eigenvalue weighted by atomic mass is 16.8. The summed E-state index contributed by atoms with van der Waals surface area (Å²) in [6.07, 6.45) is -64.4. The fourth-order valence-electron chi connectivity index (χ4n) is 9.45. The van der Waals surface area contributed by atoms with Crippen LogP contribution in [-0.4, -0.2) is 409 Å². The van der Waals surface area contributed by atoms with Crippen molar-refractivity contribution in [3.05, 3.63) is 0 Å². The number of hydrogen-bond acceptors (Lipinski definition) is 38. The predicted octanol–water partition coefficient (Wildman–Crippen LogP) is -16.7. The van der Waals surface area contributed by atoms with Crippen molar-refractivity contribution in [1.82, 2.24) is 5.06 Å². The Morgan fingerprint density at radius 1 is 0.369 bits per heavy atom. The first-order chi connectivity index (χ1) is 39.5. The molecule has 6 saturated heterocycles. The molecule has 84 heavy (non-hydrogen) atoms. The molecule has 24 N–H and O–H groups in total. The van der Waals surface area contributed by atoms with Crippen LogP contribution in [0.25, 0.3) is 0 Å². The largest absolute Gasteiger partial charge is 0.479 e. The Morgan fingerprint density at radius 2 is 0.607 bits per heavy atom. The highest BCUT2D eigenvalue weighted by Gasteiger charge is 2.53. The Bertz CT molecular complexity index is 1960. The summed E-state index contributed by atoms with van der Waals surface area (Å²) in [5.74, 6) is -1.35. The van der Waals surface area contributed by atoms with Crippen molar-refractivity contribution in [3.8, 4) is 0 Å². The summed E-state index contributed by atoms with van der Waals surface area (Å²) in [4.78, 5) is 15.5. The SMILES string of the molecule is CN(CC(O)[C@@H](O)[C@H](O)[C@H](O)COC1O[C@H](CO[C@@H]2O[C@H](COC3O[C@H](CO[C@@H]4O[C@H](COC5O[C@H](CO[C@@H]6O[C@H](CO)[C@@H](O)[C@H](O)C6O)[C@@H](O)C(O)[C@H]5O)[C@@H](O)[C@H](O)C4O)[C@@H](O)[C@H](O)[C@H]3O)[C@@H](O)[C@H](O)C2O)[C@@H](O)C(O)[C@H]1O)OCC(=O)O. The molecule has 0 saturated carbocycles. The van der Waals surface area contributed by atoms with E-state index in [0.717, 1.165) is 5.06 Å². The van der Waals surface area contributed by atoms with Gasteiger partial charge in [0.05, 0.1) is 58.9 Å². The van der Waals surface area contributed by atoms with Gasteiger partial charge in [0.2, 0.25) is 0 Å². The molecule has 39 heteroatoms. The van der Waals surface area contributed by atoms with Gasteiger partial charge in [-0.05, 0) is 0 Å². The third-order valence-corrected chi connectivity index (χ3v) is 14.7. The molecule has 0 aromatic carbocycles. The number of ether oxygens (including phenoxy) is 12. The number of aliphatic carboxylic acids is 1. The van der Waals surface area contributed by atoms with E-state index in [2.05, 4.69) is 0 Å². The lowest BCUT2D eigenvalue weighted by atomic mass is 9.97. The van der Waals surface area contributed by atoms with E-state index in [0.29, 0.717) is 0 Å². The van der Waals surface area contributed by atoms with Crippen LogP contribution in [0, 0.1) is 0 Å². The lowest BCUT2D eigenvalue weighted by molar-refractivity contribution is -0.352. The second-order valence-corrected chi connectivity index (χ2v) is 20.9. The number of nitrogens with zero attached hydrogens (tertiary/aromatic N) is 1. The second kappa shape index (κ2) is 31.6. The number of likely N-dealkylation sites (N-methyl/N-ethyl adjacent to an activating group) is 1. The van der Waals surface area contributed by atoms with E-state index in [9.17, 15) is 122 Å². The molecule has 6 aliphatic heterocycles. The van der Waals surface area contributed by atoms with Gasteiger partial charge in [0, 0.05) is 7.05 Å². The molecule has 0 aromatic heterocycles. The van der Waals surface area contributed by atoms with Crippen LogP contribution in [0.1, 0.15) is 0 Å². The number of aliphatic hydroxyl groups excluding tert-OH is 23. The molecular formula is C45H79NO38. The van der Waals surface area contributed by atoms with Gasteiger partial charge in [0.15, 0.2) is 44.3 Å². The monoisotopic (exact) mass is 1240 g/mol. The van der Waals surface area contributed by atoms with E-state index in [1.54, 1.807) is 0 Å². The first-order valence-corrected chi connectivity index (χ1v) is 26.3. The lowest BCUT2D eigenvalue weighted by Gasteiger charge is -2.45. The van der Waals surface area contributed by atoms with E-state index in [1.165, 1.54) is 7.05 Å². The Morgan fingerprint density at radius 3 is 0.869 bits per heavy atom. The van der Waals surface area contributed by atoms with Crippen LogP contribution in [0.2, 0.25) is 0 Å². The third kappa shape index (κ3) is 17.1. The van der Waals surface area contributed by atoms with Gasteiger partial charge in [-0.2, -0.15) is 5.06 Å². The van der Waals surface area contributed by atoms with Crippen molar-refractivity contribution < 1.29 is 189 Å². The van der Waals surface area contributed by atoms with Crippen molar-refractivity contribution in [2.75, 3.05) is 66.4 Å². The van der Waals surface area contributed by atoms with Gasteiger partial charge >= 0.3 is 5.97 Å². The van der Waals surface area contributed by atoms with E-state index in [-0.39, 0.29) is 0 Å². The first-order valence-electron chi connectivity index (χ1n) is 26.3. The Kier molecular flexibility index (Phi) is 26.8. The van der Waals surface area contributed by atoms with Gasteiger partial charge in [-0.15, -0.1) is 0 Å². The minimum atomic E-state index is -2.13. The summed E-state index contributed by atoms with van der Waals surface area (Å²) in [7, 11) is 1.21. The van der Waals surface area contributed by atoms with Crippen LogP contribution in [-0.2, 0) is 66.5 Å². The Balaban J connectivity index is 0.988. The van der Waals surface area contributed by atoms with Crippen molar-refractivity contribution in [1.29, 1.82) is 0 Å². The van der Waals surface area contributed by atoms with Gasteiger partial charge in [-0.25, -0.2) is 4.79 Å². The highest BCUT2D eigenvalue weighted by Crippen LogP contribution is 2.32. The molecule has 492 valence electrons. The molecule has 39 nitrogen and oxygen atoms in total. The summed E-state index contributed by atoms with van der Waals surface area (Å²) >= 11 is 0. The highest BCUT2D eigenvalue weighted by molar-refractivity contribution is 5.67. The predicted molar refractivity (Wildman–Crippen MR) is 253 cm³/mol. The maximum absolute atomic E-state index is 10.8. The Hall–Kier alpha value is -2.01. The fraction of sp³-hybridized carbons (Fsp3) is 0.978. The van der Waals surface area contributed by atoms with Gasteiger partial charge in [0.25, 0.3) is 0 Å². The Labute approximate surface area is 474 Å². The minimum Gasteiger partial charge on any atom is -0.479 e. The van der Waals surface area contributed by atoms with Gasteiger partial charge in [-0.1, -0.05) is 0 Å². The number of aliphatic hydroxyl groups is 23. The summed E-state index contributed by atoms with van der Waals surface area (Å²) in [5.41, 5.74) is 0. The van der Waals surface area contributed by atoms with Crippen molar-refractivity contribution in [2.45, 2.75) is 209 Å². The zero-order valence-electron chi connectivity index (χ0n) is 44.4. The zero-order valence-corrected chi connectivity index (χ0v) is 44.4. The molecule has 0 spiro atoms. The number of carboxylic acid groups (broad SMARTS) is 1. The molecule has 34 atom stereocenters. The minimum absolute atomic E-state index is 0.541. The van der Waals surface area contributed by atoms with Crippen molar-refractivity contribution in [2.24, 2.45) is 0 Å². The summed E-state index contributed by atoms with van der Waals surface area (Å²) < 4.78 is 65.9. The summed E-state index contributed by atoms with van der Waals surface area (Å²) in [6, 6.07) is 0. The molecule has 0 amide bonds. The quantitative estimate of drug-likeness (QED) is 0.0340. The van der Waals surface area contributed by atoms with Crippen LogP contribution >= 0.6 is 0 Å². The zero-order chi connectivity index (χ0) is 62.3. The lowest BCUT2D eigenvalue weighted by Crippen LogP contribution is -2.63. The molecule has 6 fully saturated rings. The number of carboxylic acids is 1. The molecule has 9 unspecified atom stereocenters. The molecule has 0 radical (unpaired) electrons. The molecule has 6 aliphatic rings. The maximum atomic E-state index is 10.8. The van der Waals surface area contributed by atoms with Crippen LogP contribution < -0.4 is 0 Å². The topological polar surface area (TPSA) is 626 Å². The molecular weight excluding hydrogens is 1160 g/mol. The average Bonchev–Trinajstić information content (AvgIpc) is 3.05. The number of carbonyl (C=O) groups is 1. The first kappa shape index (κ1) is 71.1. The molecule has 6 rings (SSSR count). The van der Waals surface area contributed by atoms with E-state index in [1.807, 2.05) is 0 Å². The standard InChI is InChI=1S/C45H79NO38/c1-46(78-10-19(50)51)2-11(48)20(52)21(53)12(49)4-72-40-35(67)29(61)23(55)14(80-40)6-74-42-37(69)31(63)25(57)16(82-42)8-76-44-39(71)33(65)27(59)18(84-44)9-77-45-38(70)32(64)26(58)17(83-45)7-75-43-36(68)30(62)24(56)15(81-43)5-73-41-34(66)28(60)22(54)13(3-47)79-41/h11-18,20-45,47-49,52-71H,2-10H2,1H3,(H,50,51)/t11?,12-,13-,14-,15-,16-,17-,18-,20-,21-,22-,23-,24-,25-,26-,27-,28+,29?,30?,31+,32+,33+,34?,35-,36-,37?,38?,39-,40?,41-,42-,43?,44?,45-/m1/s1. The van der Waals surface area contributed by atoms with Crippen LogP contribution in [0.5, 0.6) is 0 Å². The van der Waals surface area contributed by atoms with Crippen molar-refractivity contribution >= 4 is 5.97 Å². The maximum Gasteiger partial charge on any atom is 0.331 e. The number of rotatable bonds is 27. The van der Waals surface area contributed by atoms with E-state index in [4.69, 9.17) is 66.8 Å². The third-order valence-electron chi connectivity index (χ3n) is 14.7. The van der Waals surface area contributed by atoms with E-state index < -0.39 is 274 Å². The molecule has 0 bridgehead atoms. The number of hydrogen-bond donors (Lipinski definition) is 24. The normalized spacial score (nSPS) is 46.6. The van der Waals surface area contributed by atoms with E-state index >= 15 is 0 Å². The number of hydroxylamine groups is 2. The van der Waals surface area contributed by atoms with Crippen LogP contribution in [0.15, 0.2) is 0 Å². The average molecular weight is 1240 g/mol. The molecule has 0 aliphatic carbocycles.